The lowest BCUT2D eigenvalue weighted by Crippen LogP contribution is -2.71. The molecule has 21 heteroatoms. The monoisotopic (exact) mass is 847 g/mol. The van der Waals surface area contributed by atoms with Crippen molar-refractivity contribution in [3.05, 3.63) is 60.2 Å². The van der Waals surface area contributed by atoms with Gasteiger partial charge in [0.15, 0.2) is 10.8 Å². The maximum Gasteiger partial charge on any atom is 0.352 e. The lowest BCUT2D eigenvalue weighted by molar-refractivity contribution is -0.161. The minimum absolute atomic E-state index is 0.000836. The first-order chi connectivity index (χ1) is 26.8. The summed E-state index contributed by atoms with van der Waals surface area (Å²) in [5, 5.41) is 45.9. The summed E-state index contributed by atoms with van der Waals surface area (Å²) in [5.74, 6) is -4.58. The van der Waals surface area contributed by atoms with Crippen LogP contribution in [0.5, 0.6) is 0 Å². The summed E-state index contributed by atoms with van der Waals surface area (Å²) in [7, 11) is 0. The number of carbonyl (C=O) groups excluding carboxylic acids is 2. The van der Waals surface area contributed by atoms with Crippen molar-refractivity contribution in [2.45, 2.75) is 112 Å². The highest BCUT2D eigenvalue weighted by Crippen LogP contribution is 2.59. The predicted octanol–water partition coefficient (Wildman–Crippen LogP) is 2.66. The van der Waals surface area contributed by atoms with Crippen molar-refractivity contribution in [2.75, 3.05) is 5.73 Å². The summed E-state index contributed by atoms with van der Waals surface area (Å²) in [4.78, 5) is 91.7. The topological polar surface area (TPSA) is 280 Å². The van der Waals surface area contributed by atoms with Gasteiger partial charge >= 0.3 is 17.6 Å². The largest absolute Gasteiger partial charge is 0.509 e. The number of carboxylic acids is 2. The van der Waals surface area contributed by atoms with Crippen molar-refractivity contribution in [1.82, 2.24) is 24.8 Å². The third kappa shape index (κ3) is 7.14. The standard InChI is InChI=1S/C36H42ClN7O11S2/c1-15-16(12-35-5-4-6-36(9-7-35,10-8-35)14-43-27(48)20-17(40-33(43)54)11-19(45)25(46)21(20)37)24(30(50)51)44-28(49)23(29(44)57-15)41-26(47)22(18-13-56-32(38)39-18)42-55-34(2,3)31(52)53/h11,13,15,21,23,25,29,45-46H,4-10,12,14H2,1-3H3,(H2,38,39)(H,40,54)(H,41,47)(H,50,51)(H,52,53)/b42-22-/t15-,21+,23+,25?,29+,35?,36?/m0/s1. The fraction of sp³-hybridized carbons (Fsp3) is 0.556. The molecule has 2 amide bonds. The number of anilines is 1. The van der Waals surface area contributed by atoms with Crippen molar-refractivity contribution >= 4 is 75.4 Å². The number of aromatic amines is 1. The Morgan fingerprint density at radius 2 is 1.81 bits per heavy atom. The molecule has 3 saturated carbocycles. The van der Waals surface area contributed by atoms with Gasteiger partial charge in [0.1, 0.15) is 34.7 Å². The minimum Gasteiger partial charge on any atom is -0.509 e. The van der Waals surface area contributed by atoms with Crippen LogP contribution in [0.15, 0.2) is 37.2 Å². The molecular weight excluding hydrogens is 806 g/mol. The molecule has 0 radical (unpaired) electrons. The zero-order valence-corrected chi connectivity index (χ0v) is 33.5. The van der Waals surface area contributed by atoms with E-state index in [2.05, 4.69) is 20.4 Å². The van der Waals surface area contributed by atoms with Gasteiger partial charge < -0.3 is 41.3 Å². The first kappa shape index (κ1) is 40.5. The van der Waals surface area contributed by atoms with Gasteiger partial charge in [-0.15, -0.1) is 34.7 Å². The molecule has 2 aromatic rings. The summed E-state index contributed by atoms with van der Waals surface area (Å²) < 4.78 is 1.14. The maximum absolute atomic E-state index is 13.7. The first-order valence-corrected chi connectivity index (χ1v) is 20.6. The number of aliphatic hydroxyl groups is 2. The minimum atomic E-state index is -1.80. The van der Waals surface area contributed by atoms with E-state index < -0.39 is 75.0 Å². The Kier molecular flexibility index (Phi) is 10.4. The third-order valence-electron chi connectivity index (χ3n) is 12.0. The molecule has 1 unspecified atom stereocenters. The Morgan fingerprint density at radius 1 is 1.14 bits per heavy atom. The number of carbonyl (C=O) groups is 4. The van der Waals surface area contributed by atoms with Crippen molar-refractivity contribution in [2.24, 2.45) is 16.0 Å². The van der Waals surface area contributed by atoms with Crippen LogP contribution >= 0.6 is 34.7 Å². The number of rotatable bonds is 11. The molecule has 57 heavy (non-hydrogen) atoms. The Morgan fingerprint density at radius 3 is 2.44 bits per heavy atom. The van der Waals surface area contributed by atoms with Crippen LogP contribution in [0.1, 0.15) is 94.5 Å². The van der Waals surface area contributed by atoms with Crippen LogP contribution in [0.4, 0.5) is 5.13 Å². The molecule has 2 aliphatic heterocycles. The zero-order chi connectivity index (χ0) is 41.4. The number of hydrogen-bond acceptors (Lipinski definition) is 14. The van der Waals surface area contributed by atoms with Crippen LogP contribution in [0.3, 0.4) is 0 Å². The zero-order valence-electron chi connectivity index (χ0n) is 31.1. The molecule has 8 rings (SSSR count). The number of aliphatic carboxylic acids is 2. The number of thiazole rings is 1. The number of alkyl halides is 1. The Bertz CT molecular complexity index is 2270. The van der Waals surface area contributed by atoms with Crippen molar-refractivity contribution in [3.63, 3.8) is 0 Å². The van der Waals surface area contributed by atoms with E-state index in [4.69, 9.17) is 22.2 Å². The number of nitrogens with two attached hydrogens (primary N) is 1. The van der Waals surface area contributed by atoms with Gasteiger partial charge in [-0.1, -0.05) is 11.6 Å². The second-order valence-electron chi connectivity index (χ2n) is 16.0. The molecule has 4 aliphatic carbocycles. The SMILES string of the molecule is C[C@@H]1S[C@@H]2[C@H](NC(=O)/C(=N\OC(C)(C)C(=O)O)c3csc(N)n3)C(=O)N2C(C(=O)O)=C1CC12CCCC(Cn3c(=O)[nH]c4c(c3=O)[C@@H](Cl)C(O)C(O)=C4)(CC1)CC2. The van der Waals surface area contributed by atoms with Gasteiger partial charge in [-0.25, -0.2) is 19.4 Å². The third-order valence-corrected chi connectivity index (χ3v) is 14.6. The average molecular weight is 848 g/mol. The lowest BCUT2D eigenvalue weighted by atomic mass is 9.62. The summed E-state index contributed by atoms with van der Waals surface area (Å²) in [6, 6.07) is -1.13. The number of β-lactam (4-membered cyclic amide) rings is 1. The second-order valence-corrected chi connectivity index (χ2v) is 18.8. The molecule has 1 saturated heterocycles. The van der Waals surface area contributed by atoms with Gasteiger partial charge in [-0.3, -0.25) is 23.9 Å². The molecule has 306 valence electrons. The molecule has 8 N–H and O–H groups in total. The van der Waals surface area contributed by atoms with Gasteiger partial charge in [0.2, 0.25) is 5.60 Å². The van der Waals surface area contributed by atoms with Crippen LogP contribution in [0.25, 0.3) is 6.08 Å². The normalized spacial score (nSPS) is 29.8. The Balaban J connectivity index is 1.09. The van der Waals surface area contributed by atoms with Crippen LogP contribution < -0.4 is 22.3 Å². The number of H-pyrrole nitrogens is 1. The molecule has 18 nitrogen and oxygen atoms in total. The quantitative estimate of drug-likeness (QED) is 0.0742. The summed E-state index contributed by atoms with van der Waals surface area (Å²) in [6.45, 7) is 4.49. The number of carboxylic acid groups (broad SMARTS) is 2. The van der Waals surface area contributed by atoms with E-state index in [0.717, 1.165) is 41.2 Å². The number of nitrogen functional groups attached to an aromatic ring is 1. The van der Waals surface area contributed by atoms with Crippen molar-refractivity contribution in [1.29, 1.82) is 0 Å². The molecule has 0 aromatic carbocycles. The number of thioether (sulfide) groups is 1. The number of oxime groups is 1. The highest BCUT2D eigenvalue weighted by molar-refractivity contribution is 8.00. The van der Waals surface area contributed by atoms with E-state index >= 15 is 0 Å². The molecule has 2 aromatic heterocycles. The van der Waals surface area contributed by atoms with E-state index in [9.17, 15) is 49.2 Å². The summed E-state index contributed by atoms with van der Waals surface area (Å²) in [6.07, 6.45) is 5.08. The number of hydrogen-bond donors (Lipinski definition) is 7. The van der Waals surface area contributed by atoms with Gasteiger partial charge in [-0.05, 0) is 82.1 Å². The van der Waals surface area contributed by atoms with Gasteiger partial charge in [-0.2, -0.15) is 0 Å². The second kappa shape index (κ2) is 14.6. The molecule has 5 atom stereocenters. The van der Waals surface area contributed by atoms with Crippen molar-refractivity contribution < 1.29 is 44.4 Å². The Hall–Kier alpha value is -4.66. The smallest absolute Gasteiger partial charge is 0.352 e. The molecule has 2 bridgehead atoms. The molecule has 0 spiro atoms. The fourth-order valence-corrected chi connectivity index (χ4v) is 11.0. The van der Waals surface area contributed by atoms with E-state index in [0.29, 0.717) is 37.7 Å². The van der Waals surface area contributed by atoms with E-state index in [1.807, 2.05) is 6.92 Å². The van der Waals surface area contributed by atoms with Gasteiger partial charge in [0.05, 0.1) is 16.6 Å². The van der Waals surface area contributed by atoms with Crippen LogP contribution in [-0.4, -0.2) is 97.7 Å². The first-order valence-electron chi connectivity index (χ1n) is 18.3. The maximum atomic E-state index is 13.7. The Labute approximate surface area is 337 Å². The van der Waals surface area contributed by atoms with Gasteiger partial charge in [0.25, 0.3) is 17.4 Å². The predicted molar refractivity (Wildman–Crippen MR) is 208 cm³/mol. The lowest BCUT2D eigenvalue weighted by Gasteiger charge is -2.52. The highest BCUT2D eigenvalue weighted by Gasteiger charge is 2.57. The average Bonchev–Trinajstić information content (AvgIpc) is 3.39. The number of nitrogens with one attached hydrogen (secondary N) is 2. The van der Waals surface area contributed by atoms with E-state index in [1.165, 1.54) is 35.9 Å². The van der Waals surface area contributed by atoms with E-state index in [-0.39, 0.29) is 50.4 Å². The number of aromatic nitrogens is 3. The number of fused-ring (bicyclic) bond motifs is 6. The van der Waals surface area contributed by atoms with Crippen LogP contribution in [0, 0.1) is 10.8 Å². The highest BCUT2D eigenvalue weighted by atomic mass is 35.5. The number of aliphatic hydroxyl groups excluding tert-OH is 2. The number of amides is 2. The molecular formula is C36H42ClN7O11S2. The molecule has 4 heterocycles. The van der Waals surface area contributed by atoms with Crippen LogP contribution in [0.2, 0.25) is 0 Å². The molecule has 6 aliphatic rings. The van der Waals surface area contributed by atoms with E-state index in [1.54, 1.807) is 0 Å². The number of nitrogens with zero attached hydrogens (tertiary/aromatic N) is 4. The van der Waals surface area contributed by atoms with Crippen LogP contribution in [-0.2, 0) is 30.6 Å². The summed E-state index contributed by atoms with van der Waals surface area (Å²) >= 11 is 8.71. The fourth-order valence-electron chi connectivity index (χ4n) is 8.65. The number of halogens is 1. The van der Waals surface area contributed by atoms with Crippen molar-refractivity contribution in [3.8, 4) is 0 Å². The molecule has 4 fully saturated rings. The van der Waals surface area contributed by atoms with Gasteiger partial charge in [0, 0.05) is 23.3 Å². The summed E-state index contributed by atoms with van der Waals surface area (Å²) in [5.41, 5.74) is 2.20.